The third-order valence-electron chi connectivity index (χ3n) is 3.53. The van der Waals surface area contributed by atoms with Crippen molar-refractivity contribution < 1.29 is 0 Å². The summed E-state index contributed by atoms with van der Waals surface area (Å²) >= 11 is 1.94. The van der Waals surface area contributed by atoms with E-state index in [0.29, 0.717) is 0 Å². The minimum atomic E-state index is 0.933. The molecule has 2 nitrogen and oxygen atoms in total. The van der Waals surface area contributed by atoms with Gasteiger partial charge in [-0.2, -0.15) is 0 Å². The van der Waals surface area contributed by atoms with Crippen LogP contribution in [0, 0.1) is 5.92 Å². The van der Waals surface area contributed by atoms with E-state index in [1.54, 1.807) is 0 Å². The Labute approximate surface area is 109 Å². The summed E-state index contributed by atoms with van der Waals surface area (Å²) in [5.41, 5.74) is 1.35. The Morgan fingerprint density at radius 1 is 1.35 bits per heavy atom. The van der Waals surface area contributed by atoms with Gasteiger partial charge < -0.3 is 5.32 Å². The van der Waals surface area contributed by atoms with Crippen LogP contribution in [-0.2, 0) is 19.4 Å². The van der Waals surface area contributed by atoms with E-state index in [9.17, 15) is 0 Å². The number of rotatable bonds is 7. The molecule has 0 radical (unpaired) electrons. The average Bonchev–Trinajstić information content (AvgIpc) is 2.64. The SMILES string of the molecule is CCCc1nc(CC2CCC2)sc1CNCC. The molecule has 0 bridgehead atoms. The molecule has 1 aliphatic rings. The van der Waals surface area contributed by atoms with E-state index in [1.165, 1.54) is 47.7 Å². The summed E-state index contributed by atoms with van der Waals surface area (Å²) in [6.07, 6.45) is 7.85. The van der Waals surface area contributed by atoms with Crippen molar-refractivity contribution in [1.29, 1.82) is 0 Å². The number of thiazole rings is 1. The van der Waals surface area contributed by atoms with Gasteiger partial charge in [-0.05, 0) is 18.9 Å². The smallest absolute Gasteiger partial charge is 0.0934 e. The van der Waals surface area contributed by atoms with Crippen LogP contribution in [0.15, 0.2) is 0 Å². The molecule has 0 aromatic carbocycles. The molecule has 1 fully saturated rings. The van der Waals surface area contributed by atoms with Gasteiger partial charge in [-0.15, -0.1) is 11.3 Å². The second-order valence-electron chi connectivity index (χ2n) is 5.01. The first-order chi connectivity index (χ1) is 8.33. The normalized spacial score (nSPS) is 16.1. The van der Waals surface area contributed by atoms with Crippen molar-refractivity contribution >= 4 is 11.3 Å². The zero-order valence-electron chi connectivity index (χ0n) is 11.1. The summed E-state index contributed by atoms with van der Waals surface area (Å²) in [6.45, 7) is 6.45. The van der Waals surface area contributed by atoms with Crippen LogP contribution in [0.5, 0.6) is 0 Å². The molecule has 1 saturated carbocycles. The first-order valence-corrected chi connectivity index (χ1v) is 7.83. The predicted octanol–water partition coefficient (Wildman–Crippen LogP) is 3.55. The van der Waals surface area contributed by atoms with Crippen LogP contribution in [0.4, 0.5) is 0 Å². The van der Waals surface area contributed by atoms with Crippen molar-refractivity contribution in [3.8, 4) is 0 Å². The Hall–Kier alpha value is -0.410. The second-order valence-corrected chi connectivity index (χ2v) is 6.18. The third-order valence-corrected chi connectivity index (χ3v) is 4.65. The minimum Gasteiger partial charge on any atom is -0.312 e. The summed E-state index contributed by atoms with van der Waals surface area (Å²) in [6, 6.07) is 0. The standard InChI is InChI=1S/C14H24N2S/c1-3-6-12-13(10-15-4-2)17-14(16-12)9-11-7-5-8-11/h11,15H,3-10H2,1-2H3. The molecule has 0 spiro atoms. The number of aromatic nitrogens is 1. The summed E-state index contributed by atoms with van der Waals surface area (Å²) < 4.78 is 0. The molecular weight excluding hydrogens is 228 g/mol. The van der Waals surface area contributed by atoms with E-state index in [0.717, 1.165) is 25.4 Å². The quantitative estimate of drug-likeness (QED) is 0.803. The monoisotopic (exact) mass is 252 g/mol. The zero-order valence-corrected chi connectivity index (χ0v) is 11.9. The third kappa shape index (κ3) is 3.52. The van der Waals surface area contributed by atoms with Crippen molar-refractivity contribution in [3.05, 3.63) is 15.6 Å². The molecule has 1 aliphatic carbocycles. The highest BCUT2D eigenvalue weighted by molar-refractivity contribution is 7.11. The van der Waals surface area contributed by atoms with Gasteiger partial charge in [0.25, 0.3) is 0 Å². The molecule has 0 atom stereocenters. The van der Waals surface area contributed by atoms with Gasteiger partial charge in [-0.1, -0.05) is 39.5 Å². The Kier molecular flexibility index (Phi) is 4.99. The summed E-state index contributed by atoms with van der Waals surface area (Å²) in [5, 5.41) is 4.81. The Morgan fingerprint density at radius 3 is 2.76 bits per heavy atom. The lowest BCUT2D eigenvalue weighted by Crippen LogP contribution is -2.13. The molecule has 17 heavy (non-hydrogen) atoms. The Balaban J connectivity index is 2.00. The number of nitrogens with one attached hydrogen (secondary N) is 1. The maximum atomic E-state index is 4.85. The predicted molar refractivity (Wildman–Crippen MR) is 74.5 cm³/mol. The van der Waals surface area contributed by atoms with Gasteiger partial charge >= 0.3 is 0 Å². The molecule has 2 rings (SSSR count). The number of hydrogen-bond acceptors (Lipinski definition) is 3. The number of nitrogens with zero attached hydrogens (tertiary/aromatic N) is 1. The number of hydrogen-bond donors (Lipinski definition) is 1. The van der Waals surface area contributed by atoms with Crippen molar-refractivity contribution in [2.45, 2.75) is 58.9 Å². The van der Waals surface area contributed by atoms with Crippen molar-refractivity contribution in [2.75, 3.05) is 6.54 Å². The molecule has 0 saturated heterocycles. The maximum absolute atomic E-state index is 4.85. The van der Waals surface area contributed by atoms with Gasteiger partial charge in [0.05, 0.1) is 10.7 Å². The van der Waals surface area contributed by atoms with Gasteiger partial charge in [0.1, 0.15) is 0 Å². The first kappa shape index (κ1) is 13.0. The van der Waals surface area contributed by atoms with Gasteiger partial charge in [-0.3, -0.25) is 0 Å². The zero-order chi connectivity index (χ0) is 12.1. The van der Waals surface area contributed by atoms with Crippen molar-refractivity contribution in [2.24, 2.45) is 5.92 Å². The van der Waals surface area contributed by atoms with Crippen LogP contribution < -0.4 is 5.32 Å². The van der Waals surface area contributed by atoms with Crippen molar-refractivity contribution in [3.63, 3.8) is 0 Å². The highest BCUT2D eigenvalue weighted by Gasteiger charge is 2.20. The summed E-state index contributed by atoms with van der Waals surface area (Å²) in [5.74, 6) is 0.933. The fraction of sp³-hybridized carbons (Fsp3) is 0.786. The molecule has 1 N–H and O–H groups in total. The highest BCUT2D eigenvalue weighted by Crippen LogP contribution is 2.32. The van der Waals surface area contributed by atoms with Crippen LogP contribution in [0.2, 0.25) is 0 Å². The van der Waals surface area contributed by atoms with Crippen molar-refractivity contribution in [1.82, 2.24) is 10.3 Å². The molecule has 3 heteroatoms. The fourth-order valence-corrected chi connectivity index (χ4v) is 3.48. The van der Waals surface area contributed by atoms with E-state index >= 15 is 0 Å². The number of aryl methyl sites for hydroxylation is 1. The summed E-state index contributed by atoms with van der Waals surface area (Å²) in [4.78, 5) is 6.33. The fourth-order valence-electron chi connectivity index (χ4n) is 2.28. The van der Waals surface area contributed by atoms with Gasteiger partial charge in [0, 0.05) is 17.8 Å². The molecule has 1 heterocycles. The van der Waals surface area contributed by atoms with Crippen LogP contribution in [0.1, 0.15) is 55.1 Å². The van der Waals surface area contributed by atoms with Crippen LogP contribution in [0.25, 0.3) is 0 Å². The van der Waals surface area contributed by atoms with Gasteiger partial charge in [0.2, 0.25) is 0 Å². The van der Waals surface area contributed by atoms with Gasteiger partial charge in [-0.25, -0.2) is 4.98 Å². The lowest BCUT2D eigenvalue weighted by molar-refractivity contribution is 0.314. The lowest BCUT2D eigenvalue weighted by atomic mass is 9.83. The second kappa shape index (κ2) is 6.50. The average molecular weight is 252 g/mol. The molecule has 96 valence electrons. The maximum Gasteiger partial charge on any atom is 0.0934 e. The topological polar surface area (TPSA) is 24.9 Å². The minimum absolute atomic E-state index is 0.933. The Bertz CT molecular complexity index is 342. The van der Waals surface area contributed by atoms with E-state index < -0.39 is 0 Å². The van der Waals surface area contributed by atoms with Crippen LogP contribution >= 0.6 is 11.3 Å². The molecule has 1 aromatic rings. The first-order valence-electron chi connectivity index (χ1n) is 7.01. The molecule has 1 aromatic heterocycles. The lowest BCUT2D eigenvalue weighted by Gasteiger charge is -2.23. The van der Waals surface area contributed by atoms with E-state index in [4.69, 9.17) is 4.98 Å². The molecular formula is C14H24N2S. The summed E-state index contributed by atoms with van der Waals surface area (Å²) in [7, 11) is 0. The molecule has 0 unspecified atom stereocenters. The highest BCUT2D eigenvalue weighted by atomic mass is 32.1. The van der Waals surface area contributed by atoms with Gasteiger partial charge in [0.15, 0.2) is 0 Å². The van der Waals surface area contributed by atoms with Crippen LogP contribution in [-0.4, -0.2) is 11.5 Å². The molecule has 0 aliphatic heterocycles. The van der Waals surface area contributed by atoms with Crippen LogP contribution in [0.3, 0.4) is 0 Å². The Morgan fingerprint density at radius 2 is 2.18 bits per heavy atom. The van der Waals surface area contributed by atoms with E-state index in [-0.39, 0.29) is 0 Å². The largest absolute Gasteiger partial charge is 0.312 e. The van der Waals surface area contributed by atoms with E-state index in [2.05, 4.69) is 19.2 Å². The van der Waals surface area contributed by atoms with E-state index in [1.807, 2.05) is 11.3 Å². The molecule has 0 amide bonds.